The molecule has 0 spiro atoms. The number of carbonyl (C=O) groups is 2. The number of pyridine rings is 2. The van der Waals surface area contributed by atoms with Gasteiger partial charge in [0, 0.05) is 22.9 Å². The number of aromatic nitrogens is 2. The Morgan fingerprint density at radius 2 is 1.43 bits per heavy atom. The quantitative estimate of drug-likeness (QED) is 0.562. The molecule has 2 N–H and O–H groups in total. The van der Waals surface area contributed by atoms with Gasteiger partial charge in [0.15, 0.2) is 0 Å². The van der Waals surface area contributed by atoms with Gasteiger partial charge in [-0.05, 0) is 24.3 Å². The molecule has 2 heterocycles. The molecule has 1 atom stereocenters. The van der Waals surface area contributed by atoms with E-state index in [4.69, 9.17) is 0 Å². The lowest BCUT2D eigenvalue weighted by molar-refractivity contribution is -0.139. The number of nitrogens with zero attached hydrogens (tertiary/aromatic N) is 2. The molecule has 4 rings (SSSR count). The summed E-state index contributed by atoms with van der Waals surface area (Å²) in [5.41, 5.74) is 2.24. The molecule has 0 aliphatic heterocycles. The molecule has 0 aliphatic rings. The minimum absolute atomic E-state index is 0.0828. The standard InChI is InChI=1S/C22H17N3O3/c26-21(19-12-10-15-6-2-4-8-18(15)24-19)25-20(22(27)28)13-16-11-9-14-5-1-3-7-17(14)23-16/h1-12,20H,13H2,(H,25,26)(H,27,28)/t20-/m1/s1. The molecule has 0 bridgehead atoms. The van der Waals surface area contributed by atoms with Crippen LogP contribution in [0.2, 0.25) is 0 Å². The third-order valence-corrected chi connectivity index (χ3v) is 4.50. The van der Waals surface area contributed by atoms with Crippen LogP contribution in [0.4, 0.5) is 0 Å². The summed E-state index contributed by atoms with van der Waals surface area (Å²) < 4.78 is 0. The van der Waals surface area contributed by atoms with Crippen molar-refractivity contribution in [2.24, 2.45) is 0 Å². The largest absolute Gasteiger partial charge is 0.480 e. The van der Waals surface area contributed by atoms with Crippen molar-refractivity contribution in [2.75, 3.05) is 0 Å². The van der Waals surface area contributed by atoms with E-state index in [9.17, 15) is 14.7 Å². The van der Waals surface area contributed by atoms with Crippen LogP contribution >= 0.6 is 0 Å². The molecule has 0 radical (unpaired) electrons. The molecule has 0 saturated carbocycles. The van der Waals surface area contributed by atoms with Gasteiger partial charge in [-0.25, -0.2) is 9.78 Å². The third-order valence-electron chi connectivity index (χ3n) is 4.50. The molecule has 138 valence electrons. The number of benzene rings is 2. The number of aliphatic carboxylic acids is 1. The van der Waals surface area contributed by atoms with E-state index in [-0.39, 0.29) is 12.1 Å². The van der Waals surface area contributed by atoms with Crippen molar-refractivity contribution in [1.29, 1.82) is 0 Å². The van der Waals surface area contributed by atoms with Crippen molar-refractivity contribution >= 4 is 33.7 Å². The van der Waals surface area contributed by atoms with E-state index in [0.29, 0.717) is 11.2 Å². The molecule has 1 amide bonds. The van der Waals surface area contributed by atoms with E-state index in [1.165, 1.54) is 0 Å². The average molecular weight is 371 g/mol. The van der Waals surface area contributed by atoms with Crippen LogP contribution in [-0.4, -0.2) is 33.0 Å². The Hall–Kier alpha value is -3.80. The van der Waals surface area contributed by atoms with Gasteiger partial charge >= 0.3 is 5.97 Å². The lowest BCUT2D eigenvalue weighted by Crippen LogP contribution is -2.42. The Labute approximate surface area is 160 Å². The summed E-state index contributed by atoms with van der Waals surface area (Å²) in [6.07, 6.45) is 0.0828. The number of rotatable bonds is 5. The highest BCUT2D eigenvalue weighted by atomic mass is 16.4. The van der Waals surface area contributed by atoms with Crippen molar-refractivity contribution in [3.8, 4) is 0 Å². The van der Waals surface area contributed by atoms with Crippen LogP contribution in [0.5, 0.6) is 0 Å². The first-order valence-corrected chi connectivity index (χ1v) is 8.84. The number of hydrogen-bond donors (Lipinski definition) is 2. The second-order valence-electron chi connectivity index (χ2n) is 6.45. The molecule has 6 nitrogen and oxygen atoms in total. The summed E-state index contributed by atoms with van der Waals surface area (Å²) in [5.74, 6) is -1.65. The van der Waals surface area contributed by atoms with Gasteiger partial charge in [-0.2, -0.15) is 0 Å². The summed E-state index contributed by atoms with van der Waals surface area (Å²) in [7, 11) is 0. The van der Waals surface area contributed by atoms with E-state index >= 15 is 0 Å². The van der Waals surface area contributed by atoms with E-state index < -0.39 is 17.9 Å². The molecular formula is C22H17N3O3. The number of carbonyl (C=O) groups excluding carboxylic acids is 1. The van der Waals surface area contributed by atoms with Gasteiger partial charge < -0.3 is 10.4 Å². The molecule has 0 saturated heterocycles. The average Bonchev–Trinajstić information content (AvgIpc) is 2.72. The molecule has 0 fully saturated rings. The Bertz CT molecular complexity index is 1190. The SMILES string of the molecule is O=C(N[C@H](Cc1ccc2ccccc2n1)C(=O)O)c1ccc2ccccc2n1. The number of carboxylic acids is 1. The first-order chi connectivity index (χ1) is 13.6. The molecule has 2 aromatic heterocycles. The van der Waals surface area contributed by atoms with Crippen LogP contribution in [0.3, 0.4) is 0 Å². The van der Waals surface area contributed by atoms with Crippen LogP contribution in [0.25, 0.3) is 21.8 Å². The molecule has 0 unspecified atom stereocenters. The Morgan fingerprint density at radius 1 is 0.821 bits per heavy atom. The highest BCUT2D eigenvalue weighted by Crippen LogP contribution is 2.14. The topological polar surface area (TPSA) is 92.2 Å². The fourth-order valence-electron chi connectivity index (χ4n) is 3.06. The smallest absolute Gasteiger partial charge is 0.326 e. The highest BCUT2D eigenvalue weighted by Gasteiger charge is 2.22. The van der Waals surface area contributed by atoms with E-state index in [1.54, 1.807) is 24.3 Å². The fraction of sp³-hybridized carbons (Fsp3) is 0.0909. The van der Waals surface area contributed by atoms with E-state index in [0.717, 1.165) is 16.3 Å². The van der Waals surface area contributed by atoms with Gasteiger partial charge in [0.2, 0.25) is 0 Å². The minimum Gasteiger partial charge on any atom is -0.480 e. The van der Waals surface area contributed by atoms with Crippen LogP contribution < -0.4 is 5.32 Å². The highest BCUT2D eigenvalue weighted by molar-refractivity contribution is 5.97. The fourth-order valence-corrected chi connectivity index (χ4v) is 3.06. The maximum atomic E-state index is 12.5. The summed E-state index contributed by atoms with van der Waals surface area (Å²) in [6.45, 7) is 0. The van der Waals surface area contributed by atoms with Gasteiger partial charge in [0.1, 0.15) is 11.7 Å². The summed E-state index contributed by atoms with van der Waals surface area (Å²) in [5, 5.41) is 14.0. The number of carboxylic acid groups (broad SMARTS) is 1. The molecule has 6 heteroatoms. The number of hydrogen-bond acceptors (Lipinski definition) is 4. The van der Waals surface area contributed by atoms with E-state index in [1.807, 2.05) is 48.5 Å². The Balaban J connectivity index is 1.55. The first kappa shape index (κ1) is 17.6. The minimum atomic E-state index is -1.12. The Kier molecular flexibility index (Phi) is 4.68. The van der Waals surface area contributed by atoms with Crippen molar-refractivity contribution < 1.29 is 14.7 Å². The van der Waals surface area contributed by atoms with Crippen molar-refractivity contribution in [2.45, 2.75) is 12.5 Å². The lowest BCUT2D eigenvalue weighted by atomic mass is 10.1. The predicted molar refractivity (Wildman–Crippen MR) is 106 cm³/mol. The maximum absolute atomic E-state index is 12.5. The molecular weight excluding hydrogens is 354 g/mol. The summed E-state index contributed by atoms with van der Waals surface area (Å²) >= 11 is 0. The zero-order chi connectivity index (χ0) is 19.5. The first-order valence-electron chi connectivity index (χ1n) is 8.84. The lowest BCUT2D eigenvalue weighted by Gasteiger charge is -2.14. The molecule has 0 aliphatic carbocycles. The van der Waals surface area contributed by atoms with Crippen LogP contribution in [0.15, 0.2) is 72.8 Å². The van der Waals surface area contributed by atoms with Gasteiger partial charge in [-0.3, -0.25) is 9.78 Å². The summed E-state index contributed by atoms with van der Waals surface area (Å²) in [4.78, 5) is 33.0. The normalized spacial score (nSPS) is 12.0. The van der Waals surface area contributed by atoms with Crippen LogP contribution in [-0.2, 0) is 11.2 Å². The second kappa shape index (κ2) is 7.44. The maximum Gasteiger partial charge on any atom is 0.326 e. The molecule has 4 aromatic rings. The second-order valence-corrected chi connectivity index (χ2v) is 6.45. The Morgan fingerprint density at radius 3 is 2.11 bits per heavy atom. The monoisotopic (exact) mass is 371 g/mol. The zero-order valence-electron chi connectivity index (χ0n) is 14.9. The predicted octanol–water partition coefficient (Wildman–Crippen LogP) is 3.21. The van der Waals surface area contributed by atoms with Crippen LogP contribution in [0, 0.1) is 0 Å². The van der Waals surface area contributed by atoms with Gasteiger partial charge in [0.05, 0.1) is 11.0 Å². The third kappa shape index (κ3) is 3.66. The number of fused-ring (bicyclic) bond motifs is 2. The van der Waals surface area contributed by atoms with Gasteiger partial charge in [-0.15, -0.1) is 0 Å². The van der Waals surface area contributed by atoms with Crippen molar-refractivity contribution in [3.63, 3.8) is 0 Å². The molecule has 28 heavy (non-hydrogen) atoms. The van der Waals surface area contributed by atoms with Crippen molar-refractivity contribution in [3.05, 3.63) is 84.2 Å². The number of nitrogens with one attached hydrogen (secondary N) is 1. The van der Waals surface area contributed by atoms with Crippen molar-refractivity contribution in [1.82, 2.24) is 15.3 Å². The van der Waals surface area contributed by atoms with Gasteiger partial charge in [0.25, 0.3) is 5.91 Å². The zero-order valence-corrected chi connectivity index (χ0v) is 14.9. The van der Waals surface area contributed by atoms with E-state index in [2.05, 4.69) is 15.3 Å². The summed E-state index contributed by atoms with van der Waals surface area (Å²) in [6, 6.07) is 21.0. The number of amides is 1. The number of para-hydroxylation sites is 2. The van der Waals surface area contributed by atoms with Crippen LogP contribution in [0.1, 0.15) is 16.2 Å². The van der Waals surface area contributed by atoms with Gasteiger partial charge in [-0.1, -0.05) is 48.5 Å². The molecule has 2 aromatic carbocycles.